The summed E-state index contributed by atoms with van der Waals surface area (Å²) in [6, 6.07) is 0. The molecule has 0 atom stereocenters. The number of rotatable bonds is 2. The molecule has 1 aromatic heterocycles. The summed E-state index contributed by atoms with van der Waals surface area (Å²) in [6.07, 6.45) is -4.61. The summed E-state index contributed by atoms with van der Waals surface area (Å²) in [4.78, 5) is 6.67. The van der Waals surface area contributed by atoms with Gasteiger partial charge >= 0.3 is 6.18 Å². The third-order valence-electron chi connectivity index (χ3n) is 1.47. The Kier molecular flexibility index (Phi) is 3.62. The van der Waals surface area contributed by atoms with Crippen molar-refractivity contribution >= 4 is 29.0 Å². The third-order valence-corrected chi connectivity index (χ3v) is 1.91. The van der Waals surface area contributed by atoms with E-state index >= 15 is 0 Å². The second-order valence-electron chi connectivity index (χ2n) is 2.54. The molecule has 3 nitrogen and oxygen atoms in total. The molecule has 0 unspecified atom stereocenters. The first-order chi connectivity index (χ1) is 6.86. The minimum atomic E-state index is -4.61. The first-order valence-electron chi connectivity index (χ1n) is 3.90. The summed E-state index contributed by atoms with van der Waals surface area (Å²) < 4.78 is 37.6. The second-order valence-corrected chi connectivity index (χ2v) is 3.23. The Balaban J connectivity index is 3.33. The van der Waals surface area contributed by atoms with Crippen LogP contribution >= 0.6 is 23.2 Å². The normalized spacial score (nSPS) is 11.6. The van der Waals surface area contributed by atoms with Crippen molar-refractivity contribution in [2.24, 2.45) is 0 Å². The number of hydrogen-bond acceptors (Lipinski definition) is 3. The molecule has 0 saturated heterocycles. The Morgan fingerprint density at radius 1 is 1.27 bits per heavy atom. The fourth-order valence-electron chi connectivity index (χ4n) is 0.954. The zero-order valence-corrected chi connectivity index (χ0v) is 9.00. The minimum Gasteiger partial charge on any atom is -0.370 e. The predicted octanol–water partition coefficient (Wildman–Crippen LogP) is 3.23. The smallest absolute Gasteiger partial charge is 0.370 e. The van der Waals surface area contributed by atoms with Gasteiger partial charge in [0.15, 0.2) is 0 Å². The SMILES string of the molecule is CCNc1nc(Cl)nc(Cl)c1C(F)(F)F. The number of nitrogens with one attached hydrogen (secondary N) is 1. The largest absolute Gasteiger partial charge is 0.422 e. The number of halogens is 5. The van der Waals surface area contributed by atoms with Gasteiger partial charge in [0.05, 0.1) is 0 Å². The molecule has 0 radical (unpaired) electrons. The van der Waals surface area contributed by atoms with E-state index in [9.17, 15) is 13.2 Å². The quantitative estimate of drug-likeness (QED) is 0.655. The Bertz CT molecular complexity index is 367. The van der Waals surface area contributed by atoms with Crippen molar-refractivity contribution in [3.8, 4) is 0 Å². The van der Waals surface area contributed by atoms with Gasteiger partial charge in [-0.3, -0.25) is 0 Å². The lowest BCUT2D eigenvalue weighted by atomic mass is 10.3. The van der Waals surface area contributed by atoms with Crippen molar-refractivity contribution in [1.29, 1.82) is 0 Å². The van der Waals surface area contributed by atoms with Crippen LogP contribution in [0.15, 0.2) is 0 Å². The molecule has 0 aliphatic carbocycles. The van der Waals surface area contributed by atoms with Crippen molar-refractivity contribution in [3.63, 3.8) is 0 Å². The molecule has 8 heteroatoms. The fourth-order valence-corrected chi connectivity index (χ4v) is 1.44. The van der Waals surface area contributed by atoms with Crippen molar-refractivity contribution in [2.75, 3.05) is 11.9 Å². The highest BCUT2D eigenvalue weighted by atomic mass is 35.5. The molecule has 0 spiro atoms. The van der Waals surface area contributed by atoms with Gasteiger partial charge in [-0.2, -0.15) is 13.2 Å². The number of alkyl halides is 3. The fraction of sp³-hybridized carbons (Fsp3) is 0.429. The van der Waals surface area contributed by atoms with Crippen LogP contribution in [0.4, 0.5) is 19.0 Å². The predicted molar refractivity (Wildman–Crippen MR) is 51.2 cm³/mol. The number of aromatic nitrogens is 2. The zero-order valence-electron chi connectivity index (χ0n) is 7.49. The highest BCUT2D eigenvalue weighted by molar-refractivity contribution is 6.32. The van der Waals surface area contributed by atoms with Crippen LogP contribution in [0.2, 0.25) is 10.4 Å². The first-order valence-corrected chi connectivity index (χ1v) is 4.66. The molecule has 0 fully saturated rings. The summed E-state index contributed by atoms with van der Waals surface area (Å²) in [5.74, 6) is -0.407. The average molecular weight is 260 g/mol. The molecular weight excluding hydrogens is 254 g/mol. The van der Waals surface area contributed by atoms with Gasteiger partial charge in [0.25, 0.3) is 0 Å². The van der Waals surface area contributed by atoms with E-state index in [4.69, 9.17) is 23.2 Å². The molecule has 0 amide bonds. The van der Waals surface area contributed by atoms with Crippen LogP contribution in [0.25, 0.3) is 0 Å². The standard InChI is InChI=1S/C7H6Cl2F3N3/c1-2-13-5-3(7(10,11)12)4(8)14-6(9)15-5/h2H2,1H3,(H,13,14,15). The Labute approximate surface area is 93.6 Å². The van der Waals surface area contributed by atoms with Gasteiger partial charge in [-0.15, -0.1) is 0 Å². The van der Waals surface area contributed by atoms with Gasteiger partial charge in [-0.05, 0) is 18.5 Å². The van der Waals surface area contributed by atoms with E-state index in [1.54, 1.807) is 6.92 Å². The van der Waals surface area contributed by atoms with Crippen LogP contribution in [0, 0.1) is 0 Å². The minimum absolute atomic E-state index is 0.271. The molecule has 1 aromatic rings. The van der Waals surface area contributed by atoms with Gasteiger partial charge in [0, 0.05) is 6.54 Å². The summed E-state index contributed by atoms with van der Waals surface area (Å²) in [6.45, 7) is 1.90. The van der Waals surface area contributed by atoms with Gasteiger partial charge in [-0.1, -0.05) is 11.6 Å². The number of anilines is 1. The Hall–Kier alpha value is -0.750. The van der Waals surface area contributed by atoms with E-state index in [0.29, 0.717) is 0 Å². The van der Waals surface area contributed by atoms with Gasteiger partial charge in [-0.25, -0.2) is 9.97 Å². The van der Waals surface area contributed by atoms with Crippen LogP contribution in [0.1, 0.15) is 12.5 Å². The van der Waals surface area contributed by atoms with Gasteiger partial charge < -0.3 is 5.32 Å². The number of hydrogen-bond donors (Lipinski definition) is 1. The Morgan fingerprint density at radius 2 is 1.87 bits per heavy atom. The van der Waals surface area contributed by atoms with Crippen LogP contribution in [0.3, 0.4) is 0 Å². The molecule has 0 bridgehead atoms. The van der Waals surface area contributed by atoms with Crippen molar-refractivity contribution in [1.82, 2.24) is 9.97 Å². The Morgan fingerprint density at radius 3 is 2.33 bits per heavy atom. The maximum absolute atomic E-state index is 12.5. The summed E-state index contributed by atoms with van der Waals surface area (Å²) in [7, 11) is 0. The lowest BCUT2D eigenvalue weighted by Gasteiger charge is -2.13. The monoisotopic (exact) mass is 259 g/mol. The highest BCUT2D eigenvalue weighted by Gasteiger charge is 2.38. The van der Waals surface area contributed by atoms with Crippen molar-refractivity contribution in [2.45, 2.75) is 13.1 Å². The number of nitrogens with zero attached hydrogens (tertiary/aromatic N) is 2. The lowest BCUT2D eigenvalue weighted by Crippen LogP contribution is -2.14. The van der Waals surface area contributed by atoms with Crippen LogP contribution < -0.4 is 5.32 Å². The molecule has 0 aliphatic rings. The molecule has 84 valence electrons. The van der Waals surface area contributed by atoms with Crippen LogP contribution in [-0.2, 0) is 6.18 Å². The van der Waals surface area contributed by atoms with E-state index in [0.717, 1.165) is 0 Å². The molecule has 1 N–H and O–H groups in total. The van der Waals surface area contributed by atoms with E-state index in [-0.39, 0.29) is 11.8 Å². The molecule has 1 rings (SSSR count). The first kappa shape index (κ1) is 12.3. The zero-order chi connectivity index (χ0) is 11.6. The molecule has 0 aromatic carbocycles. The molecule has 0 saturated carbocycles. The second kappa shape index (κ2) is 4.40. The van der Waals surface area contributed by atoms with E-state index < -0.39 is 22.7 Å². The van der Waals surface area contributed by atoms with Crippen LogP contribution in [-0.4, -0.2) is 16.5 Å². The summed E-state index contributed by atoms with van der Waals surface area (Å²) in [5, 5.41) is 1.38. The topological polar surface area (TPSA) is 37.8 Å². The summed E-state index contributed by atoms with van der Waals surface area (Å²) >= 11 is 10.8. The van der Waals surface area contributed by atoms with Crippen molar-refractivity contribution in [3.05, 3.63) is 16.0 Å². The lowest BCUT2D eigenvalue weighted by molar-refractivity contribution is -0.137. The average Bonchev–Trinajstić information content (AvgIpc) is 1.99. The van der Waals surface area contributed by atoms with E-state index in [1.165, 1.54) is 0 Å². The van der Waals surface area contributed by atoms with E-state index in [1.807, 2.05) is 0 Å². The van der Waals surface area contributed by atoms with Crippen molar-refractivity contribution < 1.29 is 13.2 Å². The van der Waals surface area contributed by atoms with Crippen LogP contribution in [0.5, 0.6) is 0 Å². The third kappa shape index (κ3) is 2.85. The molecular formula is C7H6Cl2F3N3. The maximum Gasteiger partial charge on any atom is 0.422 e. The summed E-state index contributed by atoms with van der Waals surface area (Å²) in [5.41, 5.74) is -1.10. The maximum atomic E-state index is 12.5. The van der Waals surface area contributed by atoms with Gasteiger partial charge in [0.2, 0.25) is 5.28 Å². The molecule has 15 heavy (non-hydrogen) atoms. The highest BCUT2D eigenvalue weighted by Crippen LogP contribution is 2.38. The van der Waals surface area contributed by atoms with Gasteiger partial charge in [0.1, 0.15) is 16.5 Å². The molecule has 1 heterocycles. The van der Waals surface area contributed by atoms with E-state index in [2.05, 4.69) is 15.3 Å². The molecule has 0 aliphatic heterocycles.